The first-order valence-corrected chi connectivity index (χ1v) is 11.8. The molecule has 1 aromatic heterocycles. The zero-order chi connectivity index (χ0) is 20.5. The van der Waals surface area contributed by atoms with E-state index in [1.807, 2.05) is 23.1 Å². The van der Waals surface area contributed by atoms with Crippen molar-refractivity contribution in [2.75, 3.05) is 32.7 Å². The summed E-state index contributed by atoms with van der Waals surface area (Å²) in [5, 5.41) is 4.13. The fourth-order valence-electron chi connectivity index (χ4n) is 4.47. The Morgan fingerprint density at radius 3 is 2.60 bits per heavy atom. The van der Waals surface area contributed by atoms with Crippen molar-refractivity contribution in [3.05, 3.63) is 41.4 Å². The van der Waals surface area contributed by atoms with Crippen LogP contribution in [-0.4, -0.2) is 65.4 Å². The largest absolute Gasteiger partial charge is 0.352 e. The van der Waals surface area contributed by atoms with E-state index in [-0.39, 0.29) is 23.7 Å². The van der Waals surface area contributed by atoms with Crippen molar-refractivity contribution in [3.63, 3.8) is 0 Å². The van der Waals surface area contributed by atoms with Crippen LogP contribution in [0.3, 0.4) is 0 Å². The highest BCUT2D eigenvalue weighted by Crippen LogP contribution is 2.39. The van der Waals surface area contributed by atoms with Crippen molar-refractivity contribution in [3.8, 4) is 0 Å². The summed E-state index contributed by atoms with van der Waals surface area (Å²) in [6, 6.07) is 8.60. The molecule has 7 heteroatoms. The lowest BCUT2D eigenvalue weighted by Gasteiger charge is -2.37. The first kappa shape index (κ1) is 19.7. The minimum atomic E-state index is -0.0414. The molecule has 0 spiro atoms. The summed E-state index contributed by atoms with van der Waals surface area (Å²) in [6.45, 7) is 3.36. The normalized spacial score (nSPS) is 24.9. The molecule has 2 aromatic rings. The van der Waals surface area contributed by atoms with E-state index in [0.29, 0.717) is 25.7 Å². The molecule has 1 N–H and O–H groups in total. The number of thiazole rings is 1. The van der Waals surface area contributed by atoms with Crippen molar-refractivity contribution in [2.45, 2.75) is 37.6 Å². The van der Waals surface area contributed by atoms with Gasteiger partial charge in [-0.05, 0) is 37.8 Å². The summed E-state index contributed by atoms with van der Waals surface area (Å²) >= 11 is 1.72. The molecule has 1 saturated carbocycles. The average Bonchev–Trinajstić information content (AvgIpc) is 3.47. The Hall–Kier alpha value is -2.25. The van der Waals surface area contributed by atoms with Gasteiger partial charge in [-0.1, -0.05) is 24.3 Å². The van der Waals surface area contributed by atoms with E-state index in [1.54, 1.807) is 11.3 Å². The zero-order valence-electron chi connectivity index (χ0n) is 17.1. The number of para-hydroxylation sites is 1. The lowest BCUT2D eigenvalue weighted by molar-refractivity contribution is -0.138. The summed E-state index contributed by atoms with van der Waals surface area (Å²) in [4.78, 5) is 34.5. The Morgan fingerprint density at radius 1 is 1.07 bits per heavy atom. The van der Waals surface area contributed by atoms with Gasteiger partial charge in [0.05, 0.1) is 27.7 Å². The van der Waals surface area contributed by atoms with Crippen LogP contribution in [0.4, 0.5) is 0 Å². The van der Waals surface area contributed by atoms with E-state index in [4.69, 9.17) is 4.98 Å². The Bertz CT molecular complexity index is 926. The van der Waals surface area contributed by atoms with E-state index < -0.39 is 0 Å². The van der Waals surface area contributed by atoms with Gasteiger partial charge in [-0.25, -0.2) is 4.98 Å². The lowest BCUT2D eigenvalue weighted by atomic mass is 9.82. The van der Waals surface area contributed by atoms with Crippen LogP contribution in [0, 0.1) is 5.92 Å². The topological polar surface area (TPSA) is 65.5 Å². The summed E-state index contributed by atoms with van der Waals surface area (Å²) in [7, 11) is 0. The molecule has 2 amide bonds. The maximum Gasteiger partial charge on any atom is 0.234 e. The second kappa shape index (κ2) is 8.47. The van der Waals surface area contributed by atoms with Crippen molar-refractivity contribution >= 4 is 33.4 Å². The number of nitrogens with zero attached hydrogens (tertiary/aromatic N) is 3. The second-order valence-electron chi connectivity index (χ2n) is 8.62. The molecule has 2 aliphatic carbocycles. The first-order chi connectivity index (χ1) is 14.7. The van der Waals surface area contributed by atoms with Gasteiger partial charge >= 0.3 is 0 Å². The molecule has 1 saturated heterocycles. The van der Waals surface area contributed by atoms with Crippen LogP contribution in [0.1, 0.15) is 36.6 Å². The zero-order valence-corrected chi connectivity index (χ0v) is 17.9. The van der Waals surface area contributed by atoms with E-state index in [2.05, 4.69) is 28.4 Å². The first-order valence-electron chi connectivity index (χ1n) is 11.0. The third-order valence-corrected chi connectivity index (χ3v) is 7.54. The molecule has 6 nitrogen and oxygen atoms in total. The fraction of sp³-hybridized carbons (Fsp3) is 0.522. The molecule has 1 aromatic carbocycles. The molecule has 30 heavy (non-hydrogen) atoms. The standard InChI is InChI=1S/C23H28N4O2S/c28-21(24-16-9-10-16)15-26-11-13-27(14-12-26)23(29)18-6-2-1-5-17(18)22-25-19-7-3-4-8-20(19)30-22/h1-4,7-8,16-18H,5-6,9-15H2,(H,24,28). The van der Waals surface area contributed by atoms with Crippen molar-refractivity contribution < 1.29 is 9.59 Å². The van der Waals surface area contributed by atoms with Crippen LogP contribution in [0.15, 0.2) is 36.4 Å². The van der Waals surface area contributed by atoms with Crippen molar-refractivity contribution in [1.29, 1.82) is 0 Å². The van der Waals surface area contributed by atoms with Gasteiger partial charge in [0.15, 0.2) is 0 Å². The summed E-state index contributed by atoms with van der Waals surface area (Å²) < 4.78 is 1.19. The molecule has 1 aliphatic heterocycles. The van der Waals surface area contributed by atoms with Crippen LogP contribution in [0.5, 0.6) is 0 Å². The second-order valence-corrected chi connectivity index (χ2v) is 9.68. The number of hydrogen-bond acceptors (Lipinski definition) is 5. The molecule has 5 rings (SSSR count). The molecule has 158 valence electrons. The van der Waals surface area contributed by atoms with Gasteiger partial charge in [-0.3, -0.25) is 14.5 Å². The lowest BCUT2D eigenvalue weighted by Crippen LogP contribution is -2.53. The predicted molar refractivity (Wildman–Crippen MR) is 118 cm³/mol. The van der Waals surface area contributed by atoms with Crippen molar-refractivity contribution in [1.82, 2.24) is 20.1 Å². The number of carbonyl (C=O) groups is 2. The van der Waals surface area contributed by atoms with Crippen LogP contribution in [0.25, 0.3) is 10.2 Å². The number of fused-ring (bicyclic) bond motifs is 1. The highest BCUT2D eigenvalue weighted by Gasteiger charge is 2.36. The average molecular weight is 425 g/mol. The highest BCUT2D eigenvalue weighted by molar-refractivity contribution is 7.18. The smallest absolute Gasteiger partial charge is 0.234 e. The molecule has 0 bridgehead atoms. The van der Waals surface area contributed by atoms with Gasteiger partial charge in [-0.2, -0.15) is 0 Å². The quantitative estimate of drug-likeness (QED) is 0.750. The number of aromatic nitrogens is 1. The van der Waals surface area contributed by atoms with Gasteiger partial charge in [0, 0.05) is 38.1 Å². The molecule has 3 aliphatic rings. The Kier molecular flexibility index (Phi) is 5.56. The molecular formula is C23H28N4O2S. The van der Waals surface area contributed by atoms with Crippen LogP contribution >= 0.6 is 11.3 Å². The molecular weight excluding hydrogens is 396 g/mol. The Morgan fingerprint density at radius 2 is 1.83 bits per heavy atom. The predicted octanol–water partition coefficient (Wildman–Crippen LogP) is 2.77. The highest BCUT2D eigenvalue weighted by atomic mass is 32.1. The van der Waals surface area contributed by atoms with Gasteiger partial charge in [0.25, 0.3) is 0 Å². The SMILES string of the molecule is O=C(CN1CCN(C(=O)C2CC=CCC2c2nc3ccccc3s2)CC1)NC1CC1. The summed E-state index contributed by atoms with van der Waals surface area (Å²) in [5.74, 6) is 0.471. The van der Waals surface area contributed by atoms with E-state index >= 15 is 0 Å². The number of benzene rings is 1. The van der Waals surface area contributed by atoms with Gasteiger partial charge in [0.2, 0.25) is 11.8 Å². The van der Waals surface area contributed by atoms with Gasteiger partial charge in [0.1, 0.15) is 0 Å². The number of rotatable bonds is 5. The summed E-state index contributed by atoms with van der Waals surface area (Å²) in [6.07, 6.45) is 8.21. The van der Waals surface area contributed by atoms with Gasteiger partial charge in [-0.15, -0.1) is 11.3 Å². The Labute approximate surface area is 180 Å². The number of allylic oxidation sites excluding steroid dienone is 2. The number of carbonyl (C=O) groups excluding carboxylic acids is 2. The minimum absolute atomic E-state index is 0.0414. The third-order valence-electron chi connectivity index (χ3n) is 6.37. The van der Waals surface area contributed by atoms with Crippen molar-refractivity contribution in [2.24, 2.45) is 5.92 Å². The third kappa shape index (κ3) is 4.27. The minimum Gasteiger partial charge on any atom is -0.352 e. The number of hydrogen-bond donors (Lipinski definition) is 1. The fourth-order valence-corrected chi connectivity index (χ4v) is 5.62. The maximum atomic E-state index is 13.4. The molecule has 2 unspecified atom stereocenters. The van der Waals surface area contributed by atoms with Crippen LogP contribution in [0.2, 0.25) is 0 Å². The maximum absolute atomic E-state index is 13.4. The molecule has 0 radical (unpaired) electrons. The molecule has 2 heterocycles. The van der Waals surface area contributed by atoms with E-state index in [0.717, 1.165) is 49.3 Å². The number of nitrogens with one attached hydrogen (secondary N) is 1. The van der Waals surface area contributed by atoms with Crippen LogP contribution in [-0.2, 0) is 9.59 Å². The van der Waals surface area contributed by atoms with E-state index in [9.17, 15) is 9.59 Å². The van der Waals surface area contributed by atoms with Crippen LogP contribution < -0.4 is 5.32 Å². The monoisotopic (exact) mass is 424 g/mol. The molecule has 2 fully saturated rings. The van der Waals surface area contributed by atoms with E-state index in [1.165, 1.54) is 4.70 Å². The number of amides is 2. The number of piperazine rings is 1. The summed E-state index contributed by atoms with van der Waals surface area (Å²) in [5.41, 5.74) is 1.02. The Balaban J connectivity index is 1.22. The van der Waals surface area contributed by atoms with Gasteiger partial charge < -0.3 is 10.2 Å². The molecule has 2 atom stereocenters.